The number of aliphatic hydroxyl groups excluding tert-OH is 2. The van der Waals surface area contributed by atoms with Crippen molar-refractivity contribution in [3.05, 3.63) is 57.7 Å². The fourth-order valence-corrected chi connectivity index (χ4v) is 16.6. The number of hydrogen-bond donors (Lipinski definition) is 5. The lowest BCUT2D eigenvalue weighted by Crippen LogP contribution is -2.65. The number of Topliss-reactive ketones (excluding diaryl/α,β-unsaturated/α-hetero) is 5. The third kappa shape index (κ3) is 6.34. The molecule has 5 fully saturated rings. The van der Waals surface area contributed by atoms with Crippen molar-refractivity contribution >= 4 is 46.7 Å². The number of rotatable bonds is 4. The van der Waals surface area contributed by atoms with Gasteiger partial charge in [-0.05, 0) is 108 Å². The van der Waals surface area contributed by atoms with Crippen molar-refractivity contribution in [2.45, 2.75) is 162 Å². The topological polar surface area (TPSA) is 240 Å². The van der Waals surface area contributed by atoms with Crippen LogP contribution in [0.2, 0.25) is 0 Å². The third-order valence-electron chi connectivity index (χ3n) is 19.8. The Kier molecular flexibility index (Phi) is 11.9. The molecule has 10 rings (SSSR count). The monoisotopic (exact) mass is 993 g/mol. The molecule has 0 radical (unpaired) electrons. The van der Waals surface area contributed by atoms with Crippen LogP contribution < -0.4 is 10.6 Å². The molecule has 0 aromatic carbocycles. The second-order valence-electron chi connectivity index (χ2n) is 24.6. The number of amides is 2. The number of ketones is 5. The summed E-state index contributed by atoms with van der Waals surface area (Å²) in [6.07, 6.45) is 1.48. The highest BCUT2D eigenvalue weighted by Gasteiger charge is 2.88. The Balaban J connectivity index is 1.24. The van der Waals surface area contributed by atoms with Gasteiger partial charge in [0, 0.05) is 35.8 Å². The highest BCUT2D eigenvalue weighted by molar-refractivity contribution is 6.29. The number of allylic oxidation sites excluding steroid dienone is 6. The molecule has 72 heavy (non-hydrogen) atoms. The molecule has 1 saturated carbocycles. The molecule has 5 aliphatic heterocycles. The maximum Gasteiger partial charge on any atom is 0.312 e. The number of nitrogens with one attached hydrogen (secondary N) is 2. The van der Waals surface area contributed by atoms with Gasteiger partial charge in [0.25, 0.3) is 5.91 Å². The molecule has 3 spiro atoms. The molecule has 5 N–H and O–H groups in total. The van der Waals surface area contributed by atoms with Gasteiger partial charge in [0.2, 0.25) is 11.5 Å². The molecule has 388 valence electrons. The molecule has 0 unspecified atom stereocenters. The summed E-state index contributed by atoms with van der Waals surface area (Å²) in [6, 6.07) is -0.991. The van der Waals surface area contributed by atoms with Crippen LogP contribution in [-0.2, 0) is 47.8 Å². The first kappa shape index (κ1) is 50.8. The van der Waals surface area contributed by atoms with Crippen molar-refractivity contribution in [1.82, 2.24) is 10.6 Å². The van der Waals surface area contributed by atoms with Crippen molar-refractivity contribution in [3.63, 3.8) is 0 Å². The fourth-order valence-electron chi connectivity index (χ4n) is 16.6. The van der Waals surface area contributed by atoms with E-state index in [1.807, 2.05) is 86.6 Å². The maximum atomic E-state index is 16.8. The van der Waals surface area contributed by atoms with Crippen LogP contribution in [0.3, 0.4) is 0 Å². The average Bonchev–Trinajstić information content (AvgIpc) is 4.05. The molecule has 15 heteroatoms. The number of ether oxygens (including phenoxy) is 2. The molecule has 0 aromatic rings. The van der Waals surface area contributed by atoms with E-state index in [-0.39, 0.29) is 60.5 Å². The lowest BCUT2D eigenvalue weighted by molar-refractivity contribution is -0.188. The van der Waals surface area contributed by atoms with Crippen LogP contribution in [0.5, 0.6) is 0 Å². The van der Waals surface area contributed by atoms with Gasteiger partial charge in [-0.2, -0.15) is 0 Å². The average molecular weight is 993 g/mol. The highest BCUT2D eigenvalue weighted by Crippen LogP contribution is 2.72. The summed E-state index contributed by atoms with van der Waals surface area (Å²) < 4.78 is 13.7. The van der Waals surface area contributed by atoms with Crippen molar-refractivity contribution in [2.24, 2.45) is 81.8 Å². The Hall–Kier alpha value is -4.70. The Bertz CT molecular complexity index is 2670. The number of carbonyl (C=O) groups is 8. The Morgan fingerprint density at radius 1 is 0.667 bits per heavy atom. The Morgan fingerprint density at radius 2 is 1.19 bits per heavy atom. The first-order chi connectivity index (χ1) is 33.7. The van der Waals surface area contributed by atoms with Crippen molar-refractivity contribution in [2.75, 3.05) is 0 Å². The summed E-state index contributed by atoms with van der Waals surface area (Å²) in [5.41, 5.74) is -6.91. The predicted octanol–water partition coefficient (Wildman–Crippen LogP) is 4.36. The van der Waals surface area contributed by atoms with Crippen LogP contribution in [0, 0.1) is 81.8 Å². The van der Waals surface area contributed by atoms with Gasteiger partial charge in [-0.3, -0.25) is 38.4 Å². The number of hydrogen-bond acceptors (Lipinski definition) is 13. The van der Waals surface area contributed by atoms with Crippen LogP contribution >= 0.6 is 0 Å². The van der Waals surface area contributed by atoms with Gasteiger partial charge in [0.1, 0.15) is 17.6 Å². The predicted molar refractivity (Wildman–Crippen MR) is 260 cm³/mol. The number of aliphatic hydroxyl groups is 3. The van der Waals surface area contributed by atoms with Gasteiger partial charge >= 0.3 is 5.97 Å². The molecular weight excluding hydrogens is 921 g/mol. The zero-order valence-electron chi connectivity index (χ0n) is 43.4. The second-order valence-corrected chi connectivity index (χ2v) is 24.6. The van der Waals surface area contributed by atoms with Crippen LogP contribution in [-0.4, -0.2) is 110 Å². The first-order valence-electron chi connectivity index (χ1n) is 26.5. The van der Waals surface area contributed by atoms with Crippen molar-refractivity contribution in [3.8, 4) is 0 Å². The summed E-state index contributed by atoms with van der Waals surface area (Å²) >= 11 is 0. The van der Waals surface area contributed by atoms with E-state index in [0.717, 1.165) is 16.7 Å². The molecular formula is C57H72N2O13. The van der Waals surface area contributed by atoms with E-state index in [0.29, 0.717) is 18.4 Å². The van der Waals surface area contributed by atoms with E-state index in [2.05, 4.69) is 10.6 Å². The fraction of sp³-hybridized carbons (Fsp3) is 0.684. The molecule has 4 saturated heterocycles. The summed E-state index contributed by atoms with van der Waals surface area (Å²) in [5, 5.41) is 43.2. The van der Waals surface area contributed by atoms with E-state index >= 15 is 38.4 Å². The van der Waals surface area contributed by atoms with E-state index in [4.69, 9.17) is 9.47 Å². The van der Waals surface area contributed by atoms with Crippen molar-refractivity contribution in [1.29, 1.82) is 0 Å². The lowest BCUT2D eigenvalue weighted by Gasteiger charge is -2.50. The standard InChI is InChI=1S/C57H72N2O13/c1-22(2)16-33-39-28(9)26(7)20-31-18-24(5)12-14-35(60)44(62)37-38(48(65)54(31,39)52(68)58-33)49-55-41(46(37)71-49)30(11)47(64)56(70,51(55)67)42-43(55)50(66)72-57-32(19-25(6)13-15-36(61)45(42)63)21-27(8)29(10)40(57)34(17-23(3)4)59-53(57)69/h18-23,28-29,31-40,42-43,46,49,60-61,70H,12-17H2,1-11H3,(H,58,68)(H,59,69)/t28-,29-,31+,32+,33+,34+,35-,36-,37-,38-,39+,40+,42+,43+,46+,49-,54+,55+,56-,57-/m1/s1. The summed E-state index contributed by atoms with van der Waals surface area (Å²) in [5.74, 6) is -19.1. The maximum absolute atomic E-state index is 16.8. The zero-order valence-corrected chi connectivity index (χ0v) is 43.4. The Morgan fingerprint density at radius 3 is 1.79 bits per heavy atom. The third-order valence-corrected chi connectivity index (χ3v) is 19.8. The molecule has 2 amide bonds. The molecule has 20 atom stereocenters. The molecule has 15 nitrogen and oxygen atoms in total. The summed E-state index contributed by atoms with van der Waals surface area (Å²) in [4.78, 5) is 125. The van der Waals surface area contributed by atoms with Gasteiger partial charge in [-0.15, -0.1) is 0 Å². The smallest absolute Gasteiger partial charge is 0.312 e. The van der Waals surface area contributed by atoms with Crippen LogP contribution in [0.25, 0.3) is 0 Å². The lowest BCUT2D eigenvalue weighted by atomic mass is 9.48. The van der Waals surface area contributed by atoms with Gasteiger partial charge in [0.15, 0.2) is 34.5 Å². The number of carbonyl (C=O) groups excluding carboxylic acids is 8. The van der Waals surface area contributed by atoms with E-state index in [1.165, 1.54) is 6.92 Å². The molecule has 5 heterocycles. The normalized spacial score (nSPS) is 46.8. The molecule has 10 aliphatic rings. The quantitative estimate of drug-likeness (QED) is 0.150. The van der Waals surface area contributed by atoms with Gasteiger partial charge < -0.3 is 35.4 Å². The van der Waals surface area contributed by atoms with Gasteiger partial charge in [-0.1, -0.05) is 88.1 Å². The van der Waals surface area contributed by atoms with E-state index < -0.39 is 153 Å². The number of fused-ring (bicyclic) bond motifs is 9. The van der Waals surface area contributed by atoms with E-state index in [9.17, 15) is 15.3 Å². The summed E-state index contributed by atoms with van der Waals surface area (Å²) in [7, 11) is 0. The van der Waals surface area contributed by atoms with Crippen LogP contribution in [0.4, 0.5) is 0 Å². The SMILES string of the molecule is CC1=C[C@H]2C=C(C)[C@@H](C)[C@H]3[C@H](CC(C)C)NC(=O)[C@@]23C(=O)[C@H]2[C@H](C(=O)[C@H](O)CC1)[C@@H]1O[C@H]2[C@]23C(=O)[C@](O)(C(=O)C(C)=C12)[C@@H]1C(=O)[C@H](O)CCC(C)=C[C@H]2C=C(C)[C@@H](C)[C@H]4[C@H](CC(C)C)NC(=O)[C@@]24OC(=O)[C@H]13. The molecule has 4 bridgehead atoms. The first-order valence-corrected chi connectivity index (χ1v) is 26.5. The van der Waals surface area contributed by atoms with Gasteiger partial charge in [0.05, 0.1) is 41.3 Å². The minimum absolute atomic E-state index is 0.0604. The Labute approximate surface area is 421 Å². The highest BCUT2D eigenvalue weighted by atomic mass is 16.6. The minimum Gasteiger partial charge on any atom is -0.447 e. The largest absolute Gasteiger partial charge is 0.447 e. The molecule has 5 aliphatic carbocycles. The van der Waals surface area contributed by atoms with E-state index in [1.54, 1.807) is 6.92 Å². The number of esters is 1. The van der Waals surface area contributed by atoms with Crippen LogP contribution in [0.15, 0.2) is 57.7 Å². The minimum atomic E-state index is -3.30. The second kappa shape index (κ2) is 16.9. The van der Waals surface area contributed by atoms with Gasteiger partial charge in [-0.25, -0.2) is 0 Å². The summed E-state index contributed by atoms with van der Waals surface area (Å²) in [6.45, 7) is 20.8. The van der Waals surface area contributed by atoms with Crippen molar-refractivity contribution < 1.29 is 63.1 Å². The molecule has 0 aromatic heterocycles. The zero-order chi connectivity index (χ0) is 52.4. The van der Waals surface area contributed by atoms with Crippen LogP contribution in [0.1, 0.15) is 115 Å².